The minimum absolute atomic E-state index is 0.664. The highest BCUT2D eigenvalue weighted by Crippen LogP contribution is 2.30. The zero-order valence-electron chi connectivity index (χ0n) is 10.4. The van der Waals surface area contributed by atoms with Crippen molar-refractivity contribution in [3.05, 3.63) is 17.2 Å². The van der Waals surface area contributed by atoms with Crippen molar-refractivity contribution in [1.82, 2.24) is 14.5 Å². The highest BCUT2D eigenvalue weighted by Gasteiger charge is 2.27. The molecule has 2 aliphatic heterocycles. The fourth-order valence-electron chi connectivity index (χ4n) is 3.14. The van der Waals surface area contributed by atoms with Crippen LogP contribution in [0.5, 0.6) is 0 Å². The molecule has 3 heteroatoms. The van der Waals surface area contributed by atoms with Crippen molar-refractivity contribution >= 4 is 0 Å². The Morgan fingerprint density at radius 2 is 2.25 bits per heavy atom. The van der Waals surface area contributed by atoms with Gasteiger partial charge >= 0.3 is 0 Å². The Hall–Kier alpha value is -0.830. The van der Waals surface area contributed by atoms with E-state index in [0.717, 1.165) is 19.5 Å². The molecular weight excluding hydrogens is 198 g/mol. The largest absolute Gasteiger partial charge is 0.328 e. The molecule has 1 aromatic heterocycles. The van der Waals surface area contributed by atoms with E-state index in [1.807, 2.05) is 0 Å². The Balaban J connectivity index is 2.01. The van der Waals surface area contributed by atoms with E-state index in [9.17, 15) is 0 Å². The van der Waals surface area contributed by atoms with Gasteiger partial charge in [0.15, 0.2) is 0 Å². The van der Waals surface area contributed by atoms with Gasteiger partial charge in [0, 0.05) is 32.0 Å². The van der Waals surface area contributed by atoms with Crippen LogP contribution in [0, 0.1) is 0 Å². The summed E-state index contributed by atoms with van der Waals surface area (Å²) >= 11 is 0. The quantitative estimate of drug-likeness (QED) is 0.721. The summed E-state index contributed by atoms with van der Waals surface area (Å²) in [5.41, 5.74) is 2.89. The Kier molecular flexibility index (Phi) is 2.51. The zero-order valence-corrected chi connectivity index (χ0v) is 10.4. The average molecular weight is 219 g/mol. The Morgan fingerprint density at radius 1 is 1.38 bits per heavy atom. The molecule has 3 heterocycles. The molecule has 0 bridgehead atoms. The maximum absolute atomic E-state index is 4.85. The molecule has 1 aromatic rings. The topological polar surface area (TPSA) is 21.1 Å². The molecule has 88 valence electrons. The first kappa shape index (κ1) is 10.3. The van der Waals surface area contributed by atoms with E-state index < -0.39 is 0 Å². The van der Waals surface area contributed by atoms with Crippen LogP contribution in [-0.4, -0.2) is 27.5 Å². The van der Waals surface area contributed by atoms with Crippen LogP contribution in [0.4, 0.5) is 0 Å². The first-order valence-electron chi connectivity index (χ1n) is 6.60. The number of fused-ring (bicyclic) bond motifs is 3. The first-order valence-corrected chi connectivity index (χ1v) is 6.60. The Bertz CT molecular complexity index is 394. The van der Waals surface area contributed by atoms with E-state index in [2.05, 4.69) is 23.3 Å². The van der Waals surface area contributed by atoms with Crippen molar-refractivity contribution in [1.29, 1.82) is 0 Å². The molecule has 0 aliphatic carbocycles. The van der Waals surface area contributed by atoms with Gasteiger partial charge in [-0.15, -0.1) is 0 Å². The van der Waals surface area contributed by atoms with Crippen LogP contribution in [0.3, 0.4) is 0 Å². The number of rotatable bonds is 1. The maximum Gasteiger partial charge on any atom is 0.109 e. The van der Waals surface area contributed by atoms with Gasteiger partial charge in [0.2, 0.25) is 0 Å². The van der Waals surface area contributed by atoms with E-state index in [0.29, 0.717) is 6.04 Å². The van der Waals surface area contributed by atoms with Gasteiger partial charge in [-0.1, -0.05) is 6.92 Å². The predicted octanol–water partition coefficient (Wildman–Crippen LogP) is 2.16. The number of nitrogens with zero attached hydrogens (tertiary/aromatic N) is 3. The number of likely N-dealkylation sites (N-methyl/N-ethyl adjacent to an activating group) is 1. The van der Waals surface area contributed by atoms with Gasteiger partial charge in [-0.2, -0.15) is 0 Å². The second-order valence-corrected chi connectivity index (χ2v) is 5.15. The average Bonchev–Trinajstić information content (AvgIpc) is 2.67. The summed E-state index contributed by atoms with van der Waals surface area (Å²) in [5, 5.41) is 0. The lowest BCUT2D eigenvalue weighted by Gasteiger charge is -2.29. The molecular formula is C13H21N3. The lowest BCUT2D eigenvalue weighted by atomic mass is 10.1. The van der Waals surface area contributed by atoms with Crippen LogP contribution in [-0.2, 0) is 19.4 Å². The highest BCUT2D eigenvalue weighted by molar-refractivity contribution is 5.22. The van der Waals surface area contributed by atoms with Crippen molar-refractivity contribution in [2.24, 2.45) is 0 Å². The molecule has 3 rings (SSSR count). The molecule has 1 atom stereocenters. The molecule has 0 saturated carbocycles. The molecule has 16 heavy (non-hydrogen) atoms. The summed E-state index contributed by atoms with van der Waals surface area (Å²) in [4.78, 5) is 7.37. The lowest BCUT2D eigenvalue weighted by Crippen LogP contribution is -2.32. The van der Waals surface area contributed by atoms with Gasteiger partial charge in [0.25, 0.3) is 0 Å². The summed E-state index contributed by atoms with van der Waals surface area (Å²) < 4.78 is 2.53. The molecule has 0 amide bonds. The monoisotopic (exact) mass is 219 g/mol. The Morgan fingerprint density at radius 3 is 3.06 bits per heavy atom. The highest BCUT2D eigenvalue weighted by atomic mass is 15.2. The molecule has 2 aliphatic rings. The van der Waals surface area contributed by atoms with E-state index >= 15 is 0 Å². The number of hydrogen-bond donors (Lipinski definition) is 0. The standard InChI is InChI=1S/C13H21N3/c1-3-15-8-7-11-12(9-15)16-10(2)5-4-6-13(16)14-11/h10H,3-9H2,1-2H3. The normalized spacial score (nSPS) is 25.2. The lowest BCUT2D eigenvalue weighted by molar-refractivity contribution is 0.253. The fraction of sp³-hybridized carbons (Fsp3) is 0.769. The smallest absolute Gasteiger partial charge is 0.109 e. The summed E-state index contributed by atoms with van der Waals surface area (Å²) in [6, 6.07) is 0.664. The molecule has 0 spiro atoms. The maximum atomic E-state index is 4.85. The third-order valence-corrected chi connectivity index (χ3v) is 4.11. The molecule has 0 saturated heterocycles. The number of aromatic nitrogens is 2. The van der Waals surface area contributed by atoms with Crippen LogP contribution in [0.25, 0.3) is 0 Å². The summed E-state index contributed by atoms with van der Waals surface area (Å²) in [6.45, 7) is 8.06. The van der Waals surface area contributed by atoms with E-state index in [-0.39, 0.29) is 0 Å². The second-order valence-electron chi connectivity index (χ2n) is 5.15. The molecule has 0 N–H and O–H groups in total. The predicted molar refractivity (Wildman–Crippen MR) is 64.5 cm³/mol. The first-order chi connectivity index (χ1) is 7.79. The van der Waals surface area contributed by atoms with Gasteiger partial charge in [0.05, 0.1) is 11.4 Å². The Labute approximate surface area is 97.5 Å². The van der Waals surface area contributed by atoms with Crippen molar-refractivity contribution in [3.63, 3.8) is 0 Å². The van der Waals surface area contributed by atoms with Gasteiger partial charge in [-0.25, -0.2) is 4.98 Å². The molecule has 1 unspecified atom stereocenters. The molecule has 3 nitrogen and oxygen atoms in total. The SMILES string of the molecule is CCN1CCc2nc3n(c2C1)C(C)CCC3. The summed E-state index contributed by atoms with van der Waals surface area (Å²) in [6.07, 6.45) is 4.97. The van der Waals surface area contributed by atoms with E-state index in [1.54, 1.807) is 0 Å². The van der Waals surface area contributed by atoms with Crippen LogP contribution in [0.1, 0.15) is 49.9 Å². The number of imidazole rings is 1. The molecule has 0 radical (unpaired) electrons. The second kappa shape index (κ2) is 3.88. The molecule has 0 fully saturated rings. The van der Waals surface area contributed by atoms with Gasteiger partial charge in [0.1, 0.15) is 5.82 Å². The van der Waals surface area contributed by atoms with Gasteiger partial charge in [-0.05, 0) is 26.3 Å². The van der Waals surface area contributed by atoms with Crippen LogP contribution in [0.15, 0.2) is 0 Å². The number of aryl methyl sites for hydroxylation is 1. The van der Waals surface area contributed by atoms with Gasteiger partial charge in [-0.3, -0.25) is 4.90 Å². The van der Waals surface area contributed by atoms with Crippen molar-refractivity contribution in [2.75, 3.05) is 13.1 Å². The minimum atomic E-state index is 0.664. The number of hydrogen-bond acceptors (Lipinski definition) is 2. The van der Waals surface area contributed by atoms with E-state index in [4.69, 9.17) is 4.98 Å². The third kappa shape index (κ3) is 1.49. The van der Waals surface area contributed by atoms with Crippen molar-refractivity contribution in [2.45, 2.75) is 52.1 Å². The van der Waals surface area contributed by atoms with Crippen LogP contribution in [0.2, 0.25) is 0 Å². The van der Waals surface area contributed by atoms with Crippen molar-refractivity contribution in [3.8, 4) is 0 Å². The minimum Gasteiger partial charge on any atom is -0.328 e. The zero-order chi connectivity index (χ0) is 11.1. The van der Waals surface area contributed by atoms with Gasteiger partial charge < -0.3 is 4.57 Å². The summed E-state index contributed by atoms with van der Waals surface area (Å²) in [7, 11) is 0. The summed E-state index contributed by atoms with van der Waals surface area (Å²) in [5.74, 6) is 1.35. The van der Waals surface area contributed by atoms with Crippen LogP contribution < -0.4 is 0 Å². The van der Waals surface area contributed by atoms with Crippen LogP contribution >= 0.6 is 0 Å². The molecule has 0 aromatic carbocycles. The van der Waals surface area contributed by atoms with E-state index in [1.165, 1.54) is 43.0 Å². The van der Waals surface area contributed by atoms with Crippen molar-refractivity contribution < 1.29 is 0 Å². The third-order valence-electron chi connectivity index (χ3n) is 4.11. The fourth-order valence-corrected chi connectivity index (χ4v) is 3.14.